The lowest BCUT2D eigenvalue weighted by atomic mass is 9.94. The Labute approximate surface area is 495 Å². The number of rotatable bonds is 32. The van der Waals surface area contributed by atoms with E-state index in [4.69, 9.17) is 5.73 Å². The number of nitrogens with zero attached hydrogens (tertiary/aromatic N) is 2. The molecule has 0 radical (unpaired) electrons. The van der Waals surface area contributed by atoms with Gasteiger partial charge in [-0.1, -0.05) is 82.1 Å². The van der Waals surface area contributed by atoms with Crippen LogP contribution in [-0.4, -0.2) is 170 Å². The van der Waals surface area contributed by atoms with Crippen LogP contribution in [0.15, 0.2) is 0 Å². The number of amides is 12. The first-order valence-electron chi connectivity index (χ1n) is 29.6. The highest BCUT2D eigenvalue weighted by molar-refractivity contribution is 6.01. The van der Waals surface area contributed by atoms with E-state index in [2.05, 4.69) is 47.9 Å². The van der Waals surface area contributed by atoms with E-state index in [1.807, 2.05) is 34.6 Å². The number of aliphatic carboxylic acids is 1. The fourth-order valence-electron chi connectivity index (χ4n) is 10.2. The molecule has 26 nitrogen and oxygen atoms in total. The molecule has 12 amide bonds. The van der Waals surface area contributed by atoms with Crippen LogP contribution in [0.2, 0.25) is 0 Å². The Morgan fingerprint density at radius 2 is 0.869 bits per heavy atom. The predicted octanol–water partition coefficient (Wildman–Crippen LogP) is 0.772. The molecule has 0 saturated carbocycles. The molecule has 2 saturated heterocycles. The van der Waals surface area contributed by atoms with Crippen molar-refractivity contribution in [3.8, 4) is 0 Å². The van der Waals surface area contributed by atoms with Crippen LogP contribution in [0.5, 0.6) is 0 Å². The Morgan fingerprint density at radius 3 is 1.27 bits per heavy atom. The third-order valence-corrected chi connectivity index (χ3v) is 15.2. The molecule has 0 bridgehead atoms. The van der Waals surface area contributed by atoms with Crippen molar-refractivity contribution in [3.05, 3.63) is 0 Å². The fraction of sp³-hybridized carbons (Fsp3) is 0.776. The molecule has 2 aliphatic rings. The van der Waals surface area contributed by atoms with Crippen LogP contribution in [0.4, 0.5) is 0 Å². The molecule has 0 aromatic heterocycles. The van der Waals surface area contributed by atoms with Crippen molar-refractivity contribution < 1.29 is 67.4 Å². The zero-order valence-electron chi connectivity index (χ0n) is 52.7. The minimum Gasteiger partial charge on any atom is -0.480 e. The van der Waals surface area contributed by atoms with E-state index in [-0.39, 0.29) is 68.9 Å². The second-order valence-corrected chi connectivity index (χ2v) is 25.7. The number of primary amides is 1. The highest BCUT2D eigenvalue weighted by Gasteiger charge is 2.46. The summed E-state index contributed by atoms with van der Waals surface area (Å²) in [6, 6.07) is -9.68. The van der Waals surface area contributed by atoms with Crippen LogP contribution in [-0.2, 0) is 62.3 Å². The topological polar surface area (TPSA) is 383 Å². The average Bonchev–Trinajstić information content (AvgIpc) is 4.29. The van der Waals surface area contributed by atoms with Gasteiger partial charge in [-0.3, -0.25) is 57.5 Å². The molecule has 0 spiro atoms. The average molecular weight is 1190 g/mol. The van der Waals surface area contributed by atoms with Crippen LogP contribution < -0.4 is 53.6 Å². The van der Waals surface area contributed by atoms with Crippen molar-refractivity contribution in [2.24, 2.45) is 35.3 Å². The number of carbonyl (C=O) groups excluding carboxylic acids is 12. The lowest BCUT2D eigenvalue weighted by molar-refractivity contribution is -0.147. The zero-order valence-corrected chi connectivity index (χ0v) is 52.7. The Hall–Kier alpha value is -6.89. The van der Waals surface area contributed by atoms with Crippen molar-refractivity contribution in [1.29, 1.82) is 0 Å². The number of carboxylic acids is 1. The number of hydrogen-bond donors (Lipinski definition) is 11. The van der Waals surface area contributed by atoms with Crippen LogP contribution in [0.3, 0.4) is 0 Å². The lowest BCUT2D eigenvalue weighted by Gasteiger charge is -2.36. The molecule has 10 atom stereocenters. The largest absolute Gasteiger partial charge is 0.480 e. The highest BCUT2D eigenvalue weighted by Crippen LogP contribution is 2.25. The van der Waals surface area contributed by atoms with Gasteiger partial charge in [0.1, 0.15) is 65.0 Å². The van der Waals surface area contributed by atoms with Crippen molar-refractivity contribution in [2.45, 2.75) is 247 Å². The Bertz CT molecular complexity index is 2410. The number of carbonyl (C=O) groups is 13. The van der Waals surface area contributed by atoms with E-state index >= 15 is 0 Å². The second kappa shape index (κ2) is 31.8. The van der Waals surface area contributed by atoms with Gasteiger partial charge in [0, 0.05) is 20.0 Å². The fourth-order valence-corrected chi connectivity index (χ4v) is 10.2. The molecule has 26 heteroatoms. The van der Waals surface area contributed by atoms with E-state index in [9.17, 15) is 67.4 Å². The number of likely N-dealkylation sites (tertiary alicyclic amines) is 2. The molecule has 476 valence electrons. The molecular weight excluding hydrogens is 1090 g/mol. The summed E-state index contributed by atoms with van der Waals surface area (Å²) in [7, 11) is 0. The normalized spacial score (nSPS) is 18.4. The zero-order chi connectivity index (χ0) is 64.5. The van der Waals surface area contributed by atoms with Gasteiger partial charge in [-0.25, -0.2) is 4.79 Å². The highest BCUT2D eigenvalue weighted by atomic mass is 16.4. The molecular formula is C58H100N12O14. The van der Waals surface area contributed by atoms with Gasteiger partial charge in [0.25, 0.3) is 0 Å². The minimum atomic E-state index is -1.67. The van der Waals surface area contributed by atoms with E-state index < -0.39 is 154 Å². The summed E-state index contributed by atoms with van der Waals surface area (Å²) in [5, 5.41) is 33.7. The first kappa shape index (κ1) is 73.2. The smallest absolute Gasteiger partial charge is 0.326 e. The summed E-state index contributed by atoms with van der Waals surface area (Å²) in [5.74, 6) is -11.2. The van der Waals surface area contributed by atoms with Gasteiger partial charge in [0.05, 0.1) is 6.42 Å². The SMILES string of the molecule is CC[C@H](C)[C@H](NC(=O)[C@@H]1CCCN1C(=O)C(C)(C)NC(=O)[C@@H](NC(=O)[C@H](CC(C)C)NC(=O)[C@@H]1CCCN1C(=O)C(C)(C)NC(=O)[C@H](CC(C)C)NC(=O)[C@H](CC(C)C)NC(=O)[C@H](CC(N)=O)NC(=O)C(C)(C)NC(C)=O)[C@@H](C)CC)C(=O)O. The number of hydrogen-bond acceptors (Lipinski definition) is 13. The Kier molecular flexibility index (Phi) is 27.8. The molecule has 0 aromatic carbocycles. The maximum Gasteiger partial charge on any atom is 0.326 e. The standard InChI is InChI=1S/C58H100N12O14/c1-18-33(9)43(51(79)68-58(16,17)55(84)70-25-21-23-41(70)50(78)65-44(52(80)81)34(10)19-2)64-47(75)37(27-31(5)6)62-49(77)40-22-20-24-69(40)54(83)57(14,15)67-48(76)38(28-32(7)8)61-45(73)36(26-30(3)4)60-46(74)39(29-42(59)72)63-53(82)56(12,13)66-35(11)71/h30-34,36-41,43-44H,18-29H2,1-17H3,(H2,59,72)(H,60,74)(H,61,73)(H,62,77)(H,63,82)(H,64,75)(H,65,78)(H,66,71)(H,67,76)(H,68,79)(H,80,81)/t33-,34-,36-,37-,38-,39-,40-,41-,43-,44-/m0/s1. The monoisotopic (exact) mass is 1190 g/mol. The van der Waals surface area contributed by atoms with Crippen LogP contribution in [0, 0.1) is 29.6 Å². The van der Waals surface area contributed by atoms with Gasteiger partial charge in [-0.15, -0.1) is 0 Å². The third kappa shape index (κ3) is 21.6. The Balaban J connectivity index is 2.32. The maximum atomic E-state index is 14.5. The van der Waals surface area contributed by atoms with Crippen LogP contribution in [0.25, 0.3) is 0 Å². The quantitative estimate of drug-likeness (QED) is 0.0444. The van der Waals surface area contributed by atoms with Gasteiger partial charge in [-0.2, -0.15) is 0 Å². The lowest BCUT2D eigenvalue weighted by Crippen LogP contribution is -2.64. The van der Waals surface area contributed by atoms with E-state index in [0.29, 0.717) is 25.7 Å². The van der Waals surface area contributed by atoms with Gasteiger partial charge in [0.15, 0.2) is 0 Å². The van der Waals surface area contributed by atoms with Crippen LogP contribution in [0.1, 0.15) is 182 Å². The van der Waals surface area contributed by atoms with E-state index in [1.54, 1.807) is 34.6 Å². The second-order valence-electron chi connectivity index (χ2n) is 25.7. The first-order chi connectivity index (χ1) is 38.7. The summed E-state index contributed by atoms with van der Waals surface area (Å²) < 4.78 is 0. The predicted molar refractivity (Wildman–Crippen MR) is 312 cm³/mol. The van der Waals surface area contributed by atoms with Crippen molar-refractivity contribution in [3.63, 3.8) is 0 Å². The van der Waals surface area contributed by atoms with Crippen molar-refractivity contribution in [2.75, 3.05) is 13.1 Å². The summed E-state index contributed by atoms with van der Waals surface area (Å²) in [6.45, 7) is 28.1. The number of nitrogens with two attached hydrogens (primary N) is 1. The molecule has 2 fully saturated rings. The molecule has 0 aliphatic carbocycles. The summed E-state index contributed by atoms with van der Waals surface area (Å²) >= 11 is 0. The minimum absolute atomic E-state index is 0.0568. The number of carboxylic acid groups (broad SMARTS) is 1. The molecule has 84 heavy (non-hydrogen) atoms. The van der Waals surface area contributed by atoms with Gasteiger partial charge < -0.3 is 68.5 Å². The van der Waals surface area contributed by atoms with Crippen molar-refractivity contribution in [1.82, 2.24) is 57.7 Å². The summed E-state index contributed by atoms with van der Waals surface area (Å²) in [5.41, 5.74) is 0.669. The Morgan fingerprint density at radius 1 is 0.488 bits per heavy atom. The van der Waals surface area contributed by atoms with E-state index in [1.165, 1.54) is 58.3 Å². The third-order valence-electron chi connectivity index (χ3n) is 15.2. The van der Waals surface area contributed by atoms with Gasteiger partial charge >= 0.3 is 5.97 Å². The summed E-state index contributed by atoms with van der Waals surface area (Å²) in [6.07, 6.45) is 1.90. The maximum absolute atomic E-state index is 14.5. The van der Waals surface area contributed by atoms with Gasteiger partial charge in [0.2, 0.25) is 70.9 Å². The molecule has 0 aromatic rings. The molecule has 2 rings (SSSR count). The first-order valence-corrected chi connectivity index (χ1v) is 29.6. The number of nitrogens with one attached hydrogen (secondary N) is 9. The molecule has 2 heterocycles. The van der Waals surface area contributed by atoms with Gasteiger partial charge in [-0.05, 0) is 116 Å². The van der Waals surface area contributed by atoms with E-state index in [0.717, 1.165) is 0 Å². The summed E-state index contributed by atoms with van der Waals surface area (Å²) in [4.78, 5) is 179. The van der Waals surface area contributed by atoms with Crippen molar-refractivity contribution >= 4 is 76.9 Å². The van der Waals surface area contributed by atoms with Crippen LogP contribution >= 0.6 is 0 Å². The molecule has 0 unspecified atom stereocenters. The molecule has 12 N–H and O–H groups in total. The molecule has 2 aliphatic heterocycles.